The fourth-order valence-electron chi connectivity index (χ4n) is 2.90. The van der Waals surface area contributed by atoms with Crippen LogP contribution >= 0.6 is 24.0 Å². The van der Waals surface area contributed by atoms with E-state index in [2.05, 4.69) is 25.8 Å². The number of hydrogen-bond acceptors (Lipinski definition) is 6. The molecule has 1 amide bonds. The van der Waals surface area contributed by atoms with Crippen LogP contribution in [0.3, 0.4) is 0 Å². The van der Waals surface area contributed by atoms with Crippen molar-refractivity contribution in [3.63, 3.8) is 0 Å². The second-order valence-electron chi connectivity index (χ2n) is 6.32. The Labute approximate surface area is 172 Å². The van der Waals surface area contributed by atoms with Crippen LogP contribution in [0.4, 0.5) is 5.69 Å². The van der Waals surface area contributed by atoms with E-state index in [0.717, 1.165) is 69.6 Å². The quantitative estimate of drug-likeness (QED) is 0.545. The van der Waals surface area contributed by atoms with Crippen molar-refractivity contribution < 1.29 is 9.53 Å². The van der Waals surface area contributed by atoms with Crippen molar-refractivity contribution in [1.29, 1.82) is 0 Å². The molecule has 0 saturated carbocycles. The lowest BCUT2D eigenvalue weighted by atomic mass is 10.2. The van der Waals surface area contributed by atoms with Gasteiger partial charge in [0.15, 0.2) is 5.96 Å². The van der Waals surface area contributed by atoms with Crippen LogP contribution in [0.1, 0.15) is 18.4 Å². The molecule has 0 atom stereocenters. The Morgan fingerprint density at radius 3 is 2.92 bits per heavy atom. The number of benzene rings is 1. The number of nitrogens with zero attached hydrogens (tertiary/aromatic N) is 2. The maximum Gasteiger partial charge on any atom is 0.225 e. The number of hydrogen-bond donors (Lipinski definition) is 3. The zero-order valence-electron chi connectivity index (χ0n) is 15.0. The minimum absolute atomic E-state index is 0. The van der Waals surface area contributed by atoms with Gasteiger partial charge in [0.1, 0.15) is 0 Å². The molecule has 0 radical (unpaired) electrons. The molecular formula is C18H28IN5O2. The van der Waals surface area contributed by atoms with E-state index in [-0.39, 0.29) is 29.9 Å². The number of guanidine groups is 1. The van der Waals surface area contributed by atoms with Gasteiger partial charge in [-0.1, -0.05) is 12.1 Å². The summed E-state index contributed by atoms with van der Waals surface area (Å²) in [5.41, 5.74) is 1.95. The molecule has 0 aliphatic carbocycles. The standard InChI is InChI=1S/C18H27N5O2.HI/c24-17(5-8-23-9-11-25-12-10-23)22-16-4-1-3-15(13-16)14-21-18-19-6-2-7-20-18;/h1,3-4,13H,2,5-12,14H2,(H,22,24)(H2,19,20,21);1H. The third-order valence-corrected chi connectivity index (χ3v) is 4.33. The zero-order valence-corrected chi connectivity index (χ0v) is 17.3. The van der Waals surface area contributed by atoms with Gasteiger partial charge in [-0.25, -0.2) is 0 Å². The van der Waals surface area contributed by atoms with Gasteiger partial charge in [0.2, 0.25) is 5.91 Å². The third-order valence-electron chi connectivity index (χ3n) is 4.33. The number of halogens is 1. The SMILES string of the molecule is I.O=C(CCN1CCOCC1)Nc1cccc(CNC2=NCCCN2)c1. The molecule has 1 fully saturated rings. The van der Waals surface area contributed by atoms with Gasteiger partial charge in [-0.3, -0.25) is 14.7 Å². The maximum atomic E-state index is 12.2. The Kier molecular flexibility index (Phi) is 9.13. The number of anilines is 1. The van der Waals surface area contributed by atoms with Crippen LogP contribution in [0.2, 0.25) is 0 Å². The van der Waals surface area contributed by atoms with Gasteiger partial charge in [-0.15, -0.1) is 24.0 Å². The van der Waals surface area contributed by atoms with Crippen LogP contribution in [0.25, 0.3) is 0 Å². The van der Waals surface area contributed by atoms with E-state index in [9.17, 15) is 4.79 Å². The lowest BCUT2D eigenvalue weighted by molar-refractivity contribution is -0.116. The second kappa shape index (κ2) is 11.3. The van der Waals surface area contributed by atoms with E-state index in [0.29, 0.717) is 13.0 Å². The minimum Gasteiger partial charge on any atom is -0.379 e. The van der Waals surface area contributed by atoms with E-state index >= 15 is 0 Å². The predicted molar refractivity (Wildman–Crippen MR) is 114 cm³/mol. The highest BCUT2D eigenvalue weighted by Gasteiger charge is 2.12. The van der Waals surface area contributed by atoms with Gasteiger partial charge in [0, 0.05) is 51.4 Å². The largest absolute Gasteiger partial charge is 0.379 e. The summed E-state index contributed by atoms with van der Waals surface area (Å²) in [4.78, 5) is 18.8. The van der Waals surface area contributed by atoms with Crippen molar-refractivity contribution in [1.82, 2.24) is 15.5 Å². The van der Waals surface area contributed by atoms with Crippen LogP contribution in [0, 0.1) is 0 Å². The molecule has 3 rings (SSSR count). The average molecular weight is 473 g/mol. The van der Waals surface area contributed by atoms with Crippen molar-refractivity contribution >= 4 is 41.5 Å². The molecule has 0 aromatic heterocycles. The summed E-state index contributed by atoms with van der Waals surface area (Å²) < 4.78 is 5.32. The average Bonchev–Trinajstić information content (AvgIpc) is 2.67. The van der Waals surface area contributed by atoms with E-state index in [1.165, 1.54) is 0 Å². The predicted octanol–water partition coefficient (Wildman–Crippen LogP) is 1.40. The molecule has 1 aromatic rings. The van der Waals surface area contributed by atoms with Crippen LogP contribution in [0.15, 0.2) is 29.3 Å². The normalized spacial score (nSPS) is 17.5. The molecule has 0 bridgehead atoms. The smallest absolute Gasteiger partial charge is 0.225 e. The van der Waals surface area contributed by atoms with E-state index < -0.39 is 0 Å². The van der Waals surface area contributed by atoms with Gasteiger partial charge < -0.3 is 20.7 Å². The number of carbonyl (C=O) groups is 1. The fraction of sp³-hybridized carbons (Fsp3) is 0.556. The zero-order chi connectivity index (χ0) is 17.3. The summed E-state index contributed by atoms with van der Waals surface area (Å²) >= 11 is 0. The molecule has 26 heavy (non-hydrogen) atoms. The summed E-state index contributed by atoms with van der Waals surface area (Å²) in [7, 11) is 0. The van der Waals surface area contributed by atoms with Crippen molar-refractivity contribution in [2.24, 2.45) is 4.99 Å². The molecule has 144 valence electrons. The van der Waals surface area contributed by atoms with Crippen molar-refractivity contribution in [2.45, 2.75) is 19.4 Å². The number of aliphatic imine (C=N–C) groups is 1. The Morgan fingerprint density at radius 2 is 2.15 bits per heavy atom. The van der Waals surface area contributed by atoms with E-state index in [1.54, 1.807) is 0 Å². The number of rotatable bonds is 6. The number of nitrogens with one attached hydrogen (secondary N) is 3. The highest BCUT2D eigenvalue weighted by atomic mass is 127. The summed E-state index contributed by atoms with van der Waals surface area (Å²) in [6, 6.07) is 7.93. The Balaban J connectivity index is 0.00000243. The first-order valence-electron chi connectivity index (χ1n) is 9.01. The monoisotopic (exact) mass is 473 g/mol. The highest BCUT2D eigenvalue weighted by molar-refractivity contribution is 14.0. The summed E-state index contributed by atoms with van der Waals surface area (Å²) in [6.45, 7) is 6.64. The Morgan fingerprint density at radius 1 is 1.31 bits per heavy atom. The summed E-state index contributed by atoms with van der Waals surface area (Å²) in [6.07, 6.45) is 1.58. The number of carbonyl (C=O) groups excluding carboxylic acids is 1. The maximum absolute atomic E-state index is 12.2. The van der Waals surface area contributed by atoms with Crippen LogP contribution in [-0.2, 0) is 16.1 Å². The number of ether oxygens (including phenoxy) is 1. The summed E-state index contributed by atoms with van der Waals surface area (Å²) in [5.74, 6) is 0.904. The second-order valence-corrected chi connectivity index (χ2v) is 6.32. The highest BCUT2D eigenvalue weighted by Crippen LogP contribution is 2.11. The first kappa shape index (κ1) is 20.9. The first-order chi connectivity index (χ1) is 12.3. The molecule has 3 N–H and O–H groups in total. The van der Waals surface area contributed by atoms with Gasteiger partial charge in [-0.2, -0.15) is 0 Å². The third kappa shape index (κ3) is 7.08. The minimum atomic E-state index is 0. The lowest BCUT2D eigenvalue weighted by Gasteiger charge is -2.26. The Bertz CT molecular complexity index is 605. The molecule has 7 nitrogen and oxygen atoms in total. The van der Waals surface area contributed by atoms with E-state index in [1.807, 2.05) is 24.3 Å². The molecule has 0 unspecified atom stereocenters. The van der Waals surface area contributed by atoms with Crippen molar-refractivity contribution in [2.75, 3.05) is 51.3 Å². The van der Waals surface area contributed by atoms with Crippen molar-refractivity contribution in [3.8, 4) is 0 Å². The molecule has 2 aliphatic rings. The first-order valence-corrected chi connectivity index (χ1v) is 9.01. The topological polar surface area (TPSA) is 78.0 Å². The van der Waals surface area contributed by atoms with Crippen LogP contribution in [-0.4, -0.2) is 62.7 Å². The molecule has 0 spiro atoms. The van der Waals surface area contributed by atoms with Gasteiger partial charge in [-0.05, 0) is 24.1 Å². The fourth-order valence-corrected chi connectivity index (χ4v) is 2.90. The molecule has 2 aliphatic heterocycles. The van der Waals surface area contributed by atoms with Crippen LogP contribution in [0.5, 0.6) is 0 Å². The van der Waals surface area contributed by atoms with E-state index in [4.69, 9.17) is 4.74 Å². The number of morpholine rings is 1. The van der Waals surface area contributed by atoms with Crippen LogP contribution < -0.4 is 16.0 Å². The van der Waals surface area contributed by atoms with Crippen molar-refractivity contribution in [3.05, 3.63) is 29.8 Å². The molecule has 8 heteroatoms. The molecule has 1 saturated heterocycles. The van der Waals surface area contributed by atoms with Gasteiger partial charge >= 0.3 is 0 Å². The lowest BCUT2D eigenvalue weighted by Crippen LogP contribution is -2.40. The Hall–Kier alpha value is -1.39. The van der Waals surface area contributed by atoms with Gasteiger partial charge in [0.05, 0.1) is 13.2 Å². The number of amides is 1. The molecule has 1 aromatic carbocycles. The van der Waals surface area contributed by atoms with Gasteiger partial charge in [0.25, 0.3) is 0 Å². The summed E-state index contributed by atoms with van der Waals surface area (Å²) in [5, 5.41) is 9.52. The molecular weight excluding hydrogens is 445 g/mol. The molecule has 2 heterocycles.